The fourth-order valence-corrected chi connectivity index (χ4v) is 4.14. The molecule has 0 unspecified atom stereocenters. The third kappa shape index (κ3) is 3.97. The van der Waals surface area contributed by atoms with Gasteiger partial charge in [-0.15, -0.1) is 0 Å². The van der Waals surface area contributed by atoms with Gasteiger partial charge in [0, 0.05) is 37.0 Å². The molecule has 3 aromatic rings. The predicted octanol–water partition coefficient (Wildman–Crippen LogP) is 4.05. The van der Waals surface area contributed by atoms with Gasteiger partial charge in [0.1, 0.15) is 0 Å². The molecule has 1 atom stereocenters. The van der Waals surface area contributed by atoms with Gasteiger partial charge in [-0.25, -0.2) is 0 Å². The lowest BCUT2D eigenvalue weighted by Gasteiger charge is -2.27. The van der Waals surface area contributed by atoms with Crippen molar-refractivity contribution in [1.82, 2.24) is 19.8 Å². The molecule has 4 heteroatoms. The predicted molar refractivity (Wildman–Crippen MR) is 107 cm³/mol. The zero-order valence-corrected chi connectivity index (χ0v) is 15.6. The quantitative estimate of drug-likeness (QED) is 0.755. The van der Waals surface area contributed by atoms with E-state index in [1.807, 2.05) is 18.5 Å². The lowest BCUT2D eigenvalue weighted by molar-refractivity contribution is 0.204. The summed E-state index contributed by atoms with van der Waals surface area (Å²) < 4.78 is 0. The monoisotopic (exact) mass is 348 g/mol. The lowest BCUT2D eigenvalue weighted by Crippen LogP contribution is -2.32. The molecule has 1 fully saturated rings. The first-order chi connectivity index (χ1) is 12.8. The molecule has 0 amide bonds. The van der Waals surface area contributed by atoms with Crippen LogP contribution in [0.3, 0.4) is 0 Å². The molecule has 4 nitrogen and oxygen atoms in total. The molecule has 1 saturated heterocycles. The van der Waals surface area contributed by atoms with E-state index in [0.717, 1.165) is 25.3 Å². The van der Waals surface area contributed by atoms with Crippen molar-refractivity contribution in [2.45, 2.75) is 38.4 Å². The number of rotatable bonds is 5. The zero-order chi connectivity index (χ0) is 17.8. The number of hydrogen-bond acceptors (Lipinski definition) is 3. The first-order valence-electron chi connectivity index (χ1n) is 9.67. The molecular weight excluding hydrogens is 320 g/mol. The Bertz CT molecular complexity index is 826. The maximum Gasteiger partial charge on any atom is 0.0543 e. The molecule has 0 spiro atoms. The molecular formula is C22H28N4. The molecule has 136 valence electrons. The van der Waals surface area contributed by atoms with Crippen LogP contribution >= 0.6 is 0 Å². The van der Waals surface area contributed by atoms with E-state index >= 15 is 0 Å². The molecule has 1 N–H and O–H groups in total. The zero-order valence-electron chi connectivity index (χ0n) is 15.6. The molecule has 1 aliphatic rings. The summed E-state index contributed by atoms with van der Waals surface area (Å²) in [7, 11) is 2.24. The van der Waals surface area contributed by atoms with E-state index in [1.165, 1.54) is 42.3 Å². The van der Waals surface area contributed by atoms with Crippen LogP contribution in [0.1, 0.15) is 30.5 Å². The minimum atomic E-state index is 0.642. The number of nitrogens with one attached hydrogen (secondary N) is 1. The number of aromatic nitrogens is 2. The number of benzene rings is 1. The van der Waals surface area contributed by atoms with Gasteiger partial charge in [0.05, 0.1) is 5.69 Å². The molecule has 4 rings (SSSR count). The third-order valence-corrected chi connectivity index (χ3v) is 5.62. The fourth-order valence-electron chi connectivity index (χ4n) is 4.14. The molecule has 1 aromatic carbocycles. The molecule has 2 aromatic heterocycles. The van der Waals surface area contributed by atoms with Gasteiger partial charge < -0.3 is 4.98 Å². The Morgan fingerprint density at radius 3 is 2.96 bits per heavy atom. The Morgan fingerprint density at radius 2 is 2.08 bits per heavy atom. The number of fused-ring (bicyclic) bond motifs is 1. The van der Waals surface area contributed by atoms with Crippen molar-refractivity contribution >= 4 is 10.9 Å². The Balaban J connectivity index is 1.36. The average molecular weight is 348 g/mol. The van der Waals surface area contributed by atoms with Crippen molar-refractivity contribution in [3.8, 4) is 0 Å². The maximum atomic E-state index is 4.48. The molecule has 0 saturated carbocycles. The van der Waals surface area contributed by atoms with Crippen LogP contribution in [0.2, 0.25) is 0 Å². The topological polar surface area (TPSA) is 35.2 Å². The first kappa shape index (κ1) is 17.3. The van der Waals surface area contributed by atoms with Crippen molar-refractivity contribution in [3.63, 3.8) is 0 Å². The summed E-state index contributed by atoms with van der Waals surface area (Å²) in [5.74, 6) is 0. The molecule has 0 aliphatic carbocycles. The van der Waals surface area contributed by atoms with Crippen LogP contribution in [-0.4, -0.2) is 45.9 Å². The lowest BCUT2D eigenvalue weighted by atomic mass is 10.1. The van der Waals surface area contributed by atoms with Crippen LogP contribution in [0, 0.1) is 0 Å². The minimum absolute atomic E-state index is 0.642. The number of pyridine rings is 1. The van der Waals surface area contributed by atoms with Gasteiger partial charge in [-0.3, -0.25) is 14.8 Å². The van der Waals surface area contributed by atoms with Crippen LogP contribution in [-0.2, 0) is 13.1 Å². The van der Waals surface area contributed by atoms with Crippen LogP contribution in [0.5, 0.6) is 0 Å². The van der Waals surface area contributed by atoms with Crippen molar-refractivity contribution in [2.75, 3.05) is 20.1 Å². The van der Waals surface area contributed by atoms with E-state index in [1.54, 1.807) is 0 Å². The van der Waals surface area contributed by atoms with E-state index < -0.39 is 0 Å². The Morgan fingerprint density at radius 1 is 1.12 bits per heavy atom. The summed E-state index contributed by atoms with van der Waals surface area (Å²) in [5, 5.41) is 1.31. The van der Waals surface area contributed by atoms with Crippen LogP contribution in [0.4, 0.5) is 0 Å². The summed E-state index contributed by atoms with van der Waals surface area (Å²) in [6, 6.07) is 15.6. The maximum absolute atomic E-state index is 4.48. The highest BCUT2D eigenvalue weighted by molar-refractivity contribution is 5.82. The number of hydrogen-bond donors (Lipinski definition) is 1. The van der Waals surface area contributed by atoms with Crippen molar-refractivity contribution < 1.29 is 0 Å². The third-order valence-electron chi connectivity index (χ3n) is 5.62. The first-order valence-corrected chi connectivity index (χ1v) is 9.67. The summed E-state index contributed by atoms with van der Waals surface area (Å²) in [5.41, 5.74) is 3.86. The second-order valence-electron chi connectivity index (χ2n) is 7.46. The van der Waals surface area contributed by atoms with Gasteiger partial charge in [0.2, 0.25) is 0 Å². The number of nitrogens with zero attached hydrogens (tertiary/aromatic N) is 3. The number of likely N-dealkylation sites (tertiary alicyclic amines) is 1. The van der Waals surface area contributed by atoms with Crippen molar-refractivity contribution in [2.24, 2.45) is 0 Å². The Hall–Kier alpha value is -2.17. The molecule has 0 bridgehead atoms. The summed E-state index contributed by atoms with van der Waals surface area (Å²) in [6.45, 7) is 4.32. The van der Waals surface area contributed by atoms with E-state index in [0.29, 0.717) is 6.04 Å². The van der Waals surface area contributed by atoms with Crippen LogP contribution in [0.25, 0.3) is 10.9 Å². The van der Waals surface area contributed by atoms with E-state index in [2.05, 4.69) is 63.2 Å². The molecule has 3 heterocycles. The van der Waals surface area contributed by atoms with Gasteiger partial charge in [0.15, 0.2) is 0 Å². The van der Waals surface area contributed by atoms with Gasteiger partial charge in [-0.1, -0.05) is 24.3 Å². The van der Waals surface area contributed by atoms with E-state index in [-0.39, 0.29) is 0 Å². The van der Waals surface area contributed by atoms with Crippen LogP contribution in [0.15, 0.2) is 54.9 Å². The Kier molecular flexibility index (Phi) is 5.32. The fraction of sp³-hybridized carbons (Fsp3) is 0.409. The smallest absolute Gasteiger partial charge is 0.0543 e. The SMILES string of the molecule is CN(Cc1ccccn1)[C@@H]1CCCN(Cc2cccc3cc[nH]c23)CC1. The minimum Gasteiger partial charge on any atom is -0.361 e. The molecule has 1 aliphatic heterocycles. The standard InChI is InChI=1S/C22H28N4/c1-25(17-20-8-2-3-12-23-20)21-9-5-14-26(15-11-21)16-19-7-4-6-18-10-13-24-22(18)19/h2-4,6-8,10,12-13,21,24H,5,9,11,14-17H2,1H3/t21-/m1/s1. The second kappa shape index (κ2) is 8.02. The number of H-pyrrole nitrogens is 1. The Labute approximate surface area is 155 Å². The van der Waals surface area contributed by atoms with Crippen molar-refractivity contribution in [3.05, 3.63) is 66.1 Å². The van der Waals surface area contributed by atoms with Gasteiger partial charge in [0.25, 0.3) is 0 Å². The van der Waals surface area contributed by atoms with E-state index in [9.17, 15) is 0 Å². The highest BCUT2D eigenvalue weighted by Crippen LogP contribution is 2.22. The van der Waals surface area contributed by atoms with E-state index in [4.69, 9.17) is 0 Å². The highest BCUT2D eigenvalue weighted by atomic mass is 15.2. The second-order valence-corrected chi connectivity index (χ2v) is 7.46. The van der Waals surface area contributed by atoms with Crippen molar-refractivity contribution in [1.29, 1.82) is 0 Å². The summed E-state index contributed by atoms with van der Waals surface area (Å²) in [4.78, 5) is 13.0. The summed E-state index contributed by atoms with van der Waals surface area (Å²) in [6.07, 6.45) is 7.69. The van der Waals surface area contributed by atoms with Gasteiger partial charge in [-0.05, 0) is 68.5 Å². The normalized spacial score (nSPS) is 19.1. The van der Waals surface area contributed by atoms with Crippen LogP contribution < -0.4 is 0 Å². The number of para-hydroxylation sites is 1. The van der Waals surface area contributed by atoms with Gasteiger partial charge in [-0.2, -0.15) is 0 Å². The molecule has 26 heavy (non-hydrogen) atoms. The highest BCUT2D eigenvalue weighted by Gasteiger charge is 2.21. The largest absolute Gasteiger partial charge is 0.361 e. The molecule has 0 radical (unpaired) electrons. The summed E-state index contributed by atoms with van der Waals surface area (Å²) >= 11 is 0. The average Bonchev–Trinajstić information content (AvgIpc) is 3.03. The number of aromatic amines is 1. The van der Waals surface area contributed by atoms with Gasteiger partial charge >= 0.3 is 0 Å².